The Morgan fingerprint density at radius 3 is 2.62 bits per heavy atom. The van der Waals surface area contributed by atoms with Gasteiger partial charge in [0.1, 0.15) is 5.78 Å². The van der Waals surface area contributed by atoms with Gasteiger partial charge in [0.15, 0.2) is 0 Å². The molecule has 0 atom stereocenters. The third-order valence-electron chi connectivity index (χ3n) is 3.07. The summed E-state index contributed by atoms with van der Waals surface area (Å²) >= 11 is 3.49. The minimum Gasteiger partial charge on any atom is -0.382 e. The molecule has 3 heteroatoms. The van der Waals surface area contributed by atoms with Crippen LogP contribution in [0.25, 0.3) is 0 Å². The fraction of sp³-hybridized carbons (Fsp3) is 0.462. The molecule has 86 valence electrons. The highest BCUT2D eigenvalue weighted by molar-refractivity contribution is 9.10. The Morgan fingerprint density at radius 2 is 2.00 bits per heavy atom. The SMILES string of the molecule is Cc1cc(NC2CCC(=O)CC2)ccc1Br. The number of rotatable bonds is 2. The first kappa shape index (κ1) is 11.6. The number of carbonyl (C=O) groups is 1. The molecule has 1 fully saturated rings. The molecular weight excluding hydrogens is 266 g/mol. The standard InChI is InChI=1S/C13H16BrNO/c1-9-8-11(4-7-13(9)14)15-10-2-5-12(16)6-3-10/h4,7-8,10,15H,2-3,5-6H2,1H3. The largest absolute Gasteiger partial charge is 0.382 e. The zero-order valence-corrected chi connectivity index (χ0v) is 11.0. The highest BCUT2D eigenvalue weighted by Crippen LogP contribution is 2.23. The average Bonchev–Trinajstić information content (AvgIpc) is 2.27. The molecule has 0 bridgehead atoms. The van der Waals surface area contributed by atoms with Crippen LogP contribution in [0.2, 0.25) is 0 Å². The molecule has 1 saturated carbocycles. The van der Waals surface area contributed by atoms with Crippen molar-refractivity contribution in [1.82, 2.24) is 0 Å². The first-order valence-corrected chi connectivity index (χ1v) is 6.49. The van der Waals surface area contributed by atoms with Crippen molar-refractivity contribution in [3.8, 4) is 0 Å². The quantitative estimate of drug-likeness (QED) is 0.896. The van der Waals surface area contributed by atoms with Gasteiger partial charge in [0.25, 0.3) is 0 Å². The summed E-state index contributed by atoms with van der Waals surface area (Å²) in [5.74, 6) is 0.407. The predicted molar refractivity (Wildman–Crippen MR) is 69.8 cm³/mol. The van der Waals surface area contributed by atoms with Crippen molar-refractivity contribution >= 4 is 27.4 Å². The van der Waals surface area contributed by atoms with E-state index in [1.165, 1.54) is 5.56 Å². The van der Waals surface area contributed by atoms with Gasteiger partial charge in [-0.05, 0) is 43.5 Å². The highest BCUT2D eigenvalue weighted by Gasteiger charge is 2.18. The number of hydrogen-bond acceptors (Lipinski definition) is 2. The van der Waals surface area contributed by atoms with Gasteiger partial charge in [-0.25, -0.2) is 0 Å². The first-order valence-electron chi connectivity index (χ1n) is 5.69. The summed E-state index contributed by atoms with van der Waals surface area (Å²) in [6.07, 6.45) is 3.39. The van der Waals surface area contributed by atoms with Gasteiger partial charge < -0.3 is 5.32 Å². The molecule has 1 aromatic carbocycles. The molecule has 0 radical (unpaired) electrons. The lowest BCUT2D eigenvalue weighted by atomic mass is 9.94. The van der Waals surface area contributed by atoms with Crippen LogP contribution in [0.4, 0.5) is 5.69 Å². The maximum atomic E-state index is 11.1. The Kier molecular flexibility index (Phi) is 3.64. The van der Waals surface area contributed by atoms with Crippen LogP contribution in [0.3, 0.4) is 0 Å². The van der Waals surface area contributed by atoms with Gasteiger partial charge in [-0.1, -0.05) is 15.9 Å². The van der Waals surface area contributed by atoms with E-state index in [-0.39, 0.29) is 0 Å². The minimum absolute atomic E-state index is 0.407. The van der Waals surface area contributed by atoms with Gasteiger partial charge in [-0.3, -0.25) is 4.79 Å². The van der Waals surface area contributed by atoms with Crippen LogP contribution in [-0.2, 0) is 4.79 Å². The summed E-state index contributed by atoms with van der Waals surface area (Å²) in [6.45, 7) is 2.08. The number of Topliss-reactive ketones (excluding diaryl/α,β-unsaturated/α-hetero) is 1. The Labute approximate surface area is 105 Å². The molecule has 0 unspecified atom stereocenters. The van der Waals surface area contributed by atoms with Crippen molar-refractivity contribution in [2.24, 2.45) is 0 Å². The molecule has 0 aromatic heterocycles. The van der Waals surface area contributed by atoms with Gasteiger partial charge in [0, 0.05) is 29.0 Å². The van der Waals surface area contributed by atoms with Crippen molar-refractivity contribution < 1.29 is 4.79 Å². The number of benzene rings is 1. The van der Waals surface area contributed by atoms with Crippen LogP contribution in [0, 0.1) is 6.92 Å². The van der Waals surface area contributed by atoms with E-state index in [1.807, 2.05) is 0 Å². The van der Waals surface area contributed by atoms with E-state index in [1.54, 1.807) is 0 Å². The fourth-order valence-electron chi connectivity index (χ4n) is 2.05. The second-order valence-electron chi connectivity index (χ2n) is 4.42. The van der Waals surface area contributed by atoms with Gasteiger partial charge in [0.05, 0.1) is 0 Å². The van der Waals surface area contributed by atoms with Crippen LogP contribution in [0.5, 0.6) is 0 Å². The first-order chi connectivity index (χ1) is 7.65. The van der Waals surface area contributed by atoms with Crippen LogP contribution in [0.15, 0.2) is 22.7 Å². The third kappa shape index (κ3) is 2.85. The van der Waals surface area contributed by atoms with Gasteiger partial charge in [-0.2, -0.15) is 0 Å². The monoisotopic (exact) mass is 281 g/mol. The molecule has 0 saturated heterocycles. The van der Waals surface area contributed by atoms with Crippen LogP contribution < -0.4 is 5.32 Å². The third-order valence-corrected chi connectivity index (χ3v) is 3.96. The topological polar surface area (TPSA) is 29.1 Å². The number of anilines is 1. The maximum absolute atomic E-state index is 11.1. The van der Waals surface area contributed by atoms with E-state index in [9.17, 15) is 4.79 Å². The second kappa shape index (κ2) is 5.00. The van der Waals surface area contributed by atoms with Crippen LogP contribution >= 0.6 is 15.9 Å². The summed E-state index contributed by atoms with van der Waals surface area (Å²) < 4.78 is 1.14. The summed E-state index contributed by atoms with van der Waals surface area (Å²) in [6, 6.07) is 6.73. The maximum Gasteiger partial charge on any atom is 0.133 e. The molecular formula is C13H16BrNO. The number of aryl methyl sites for hydroxylation is 1. The van der Waals surface area contributed by atoms with Crippen molar-refractivity contribution in [2.45, 2.75) is 38.6 Å². The van der Waals surface area contributed by atoms with Gasteiger partial charge in [0.2, 0.25) is 0 Å². The normalized spacial score (nSPS) is 17.5. The number of carbonyl (C=O) groups excluding carboxylic acids is 1. The Hall–Kier alpha value is -0.830. The Bertz CT molecular complexity index is 393. The van der Waals surface area contributed by atoms with E-state index in [2.05, 4.69) is 46.4 Å². The van der Waals surface area contributed by atoms with Crippen molar-refractivity contribution in [1.29, 1.82) is 0 Å². The van der Waals surface area contributed by atoms with E-state index in [4.69, 9.17) is 0 Å². The molecule has 2 rings (SSSR count). The molecule has 0 amide bonds. The second-order valence-corrected chi connectivity index (χ2v) is 5.28. The van der Waals surface area contributed by atoms with Crippen LogP contribution in [-0.4, -0.2) is 11.8 Å². The Morgan fingerprint density at radius 1 is 1.31 bits per heavy atom. The van der Waals surface area contributed by atoms with Gasteiger partial charge >= 0.3 is 0 Å². The lowest BCUT2D eigenvalue weighted by Gasteiger charge is -2.23. The van der Waals surface area contributed by atoms with Crippen molar-refractivity contribution in [3.63, 3.8) is 0 Å². The lowest BCUT2D eigenvalue weighted by Crippen LogP contribution is -2.25. The summed E-state index contributed by atoms with van der Waals surface area (Å²) in [7, 11) is 0. The molecule has 1 aliphatic rings. The molecule has 2 nitrogen and oxygen atoms in total. The number of halogens is 1. The molecule has 1 N–H and O–H groups in total. The van der Waals surface area contributed by atoms with E-state index < -0.39 is 0 Å². The lowest BCUT2D eigenvalue weighted by molar-refractivity contribution is -0.120. The zero-order chi connectivity index (χ0) is 11.5. The molecule has 0 aliphatic heterocycles. The Balaban J connectivity index is 1.98. The fourth-order valence-corrected chi connectivity index (χ4v) is 2.30. The van der Waals surface area contributed by atoms with E-state index >= 15 is 0 Å². The van der Waals surface area contributed by atoms with E-state index in [0.717, 1.165) is 35.8 Å². The summed E-state index contributed by atoms with van der Waals surface area (Å²) in [5, 5.41) is 3.50. The van der Waals surface area contributed by atoms with Crippen LogP contribution in [0.1, 0.15) is 31.2 Å². The number of nitrogens with one attached hydrogen (secondary N) is 1. The molecule has 0 heterocycles. The average molecular weight is 282 g/mol. The molecule has 1 aromatic rings. The number of hydrogen-bond donors (Lipinski definition) is 1. The molecule has 0 spiro atoms. The molecule has 16 heavy (non-hydrogen) atoms. The summed E-state index contributed by atoms with van der Waals surface area (Å²) in [5.41, 5.74) is 2.39. The number of ketones is 1. The highest BCUT2D eigenvalue weighted by atomic mass is 79.9. The zero-order valence-electron chi connectivity index (χ0n) is 9.42. The summed E-state index contributed by atoms with van der Waals surface area (Å²) in [4.78, 5) is 11.1. The minimum atomic E-state index is 0.407. The van der Waals surface area contributed by atoms with Gasteiger partial charge in [-0.15, -0.1) is 0 Å². The predicted octanol–water partition coefficient (Wildman–Crippen LogP) is 3.68. The smallest absolute Gasteiger partial charge is 0.133 e. The van der Waals surface area contributed by atoms with E-state index in [0.29, 0.717) is 11.8 Å². The molecule has 1 aliphatic carbocycles. The van der Waals surface area contributed by atoms with Crippen molar-refractivity contribution in [3.05, 3.63) is 28.2 Å². The van der Waals surface area contributed by atoms with Crippen molar-refractivity contribution in [2.75, 3.05) is 5.32 Å².